The largest absolute Gasteiger partial charge is 0.322 e. The van der Waals surface area contributed by atoms with E-state index in [2.05, 4.69) is 26.2 Å². The van der Waals surface area contributed by atoms with E-state index in [0.717, 1.165) is 10.7 Å². The van der Waals surface area contributed by atoms with Crippen molar-refractivity contribution < 1.29 is 23.6 Å². The van der Waals surface area contributed by atoms with Crippen LogP contribution in [0.3, 0.4) is 0 Å². The number of fused-ring (bicyclic) bond motifs is 1. The van der Waals surface area contributed by atoms with Gasteiger partial charge in [0.15, 0.2) is 5.82 Å². The van der Waals surface area contributed by atoms with Crippen molar-refractivity contribution in [3.63, 3.8) is 0 Å². The van der Waals surface area contributed by atoms with E-state index in [-0.39, 0.29) is 48.1 Å². The van der Waals surface area contributed by atoms with Crippen LogP contribution in [0.25, 0.3) is 5.69 Å². The first-order chi connectivity index (χ1) is 15.9. The maximum absolute atomic E-state index is 14.4. The molecule has 3 heterocycles. The van der Waals surface area contributed by atoms with Gasteiger partial charge in [-0.3, -0.25) is 24.5 Å². The second kappa shape index (κ2) is 7.89. The molecule has 0 bridgehead atoms. The van der Waals surface area contributed by atoms with Gasteiger partial charge >= 0.3 is 0 Å². The number of tetrazole rings is 1. The number of nitrogens with zero attached hydrogens (tertiary/aromatic N) is 5. The molecule has 2 N–H and O–H groups in total. The highest BCUT2D eigenvalue weighted by molar-refractivity contribution is 6.08. The Morgan fingerprint density at radius 3 is 2.73 bits per heavy atom. The average Bonchev–Trinajstić information content (AvgIpc) is 3.42. The molecule has 0 aliphatic carbocycles. The van der Waals surface area contributed by atoms with Crippen molar-refractivity contribution in [1.82, 2.24) is 30.4 Å². The van der Waals surface area contributed by atoms with Gasteiger partial charge < -0.3 is 10.2 Å². The molecule has 12 heteroatoms. The van der Waals surface area contributed by atoms with Crippen molar-refractivity contribution in [3.8, 4) is 5.69 Å². The number of hydrogen-bond acceptors (Lipinski definition) is 7. The number of aromatic nitrogens is 4. The van der Waals surface area contributed by atoms with E-state index in [1.807, 2.05) is 0 Å². The first-order valence-corrected chi connectivity index (χ1v) is 10.0. The zero-order valence-electron chi connectivity index (χ0n) is 17.0. The highest BCUT2D eigenvalue weighted by Crippen LogP contribution is 2.28. The maximum atomic E-state index is 14.4. The van der Waals surface area contributed by atoms with Crippen molar-refractivity contribution in [1.29, 1.82) is 0 Å². The first kappa shape index (κ1) is 20.4. The van der Waals surface area contributed by atoms with E-state index in [1.165, 1.54) is 35.5 Å². The number of hydrogen-bond donors (Lipinski definition) is 2. The minimum Gasteiger partial charge on any atom is -0.322 e. The van der Waals surface area contributed by atoms with Crippen LogP contribution in [-0.2, 0) is 16.1 Å². The summed E-state index contributed by atoms with van der Waals surface area (Å²) in [5.41, 5.74) is 1.63. The molecular formula is C21H16FN7O4. The number of anilines is 1. The summed E-state index contributed by atoms with van der Waals surface area (Å²) in [5, 5.41) is 15.4. The van der Waals surface area contributed by atoms with Gasteiger partial charge in [0, 0.05) is 29.8 Å². The maximum Gasteiger partial charge on any atom is 0.255 e. The molecule has 1 atom stereocenters. The number of piperidine rings is 1. The molecule has 2 aliphatic heterocycles. The molecule has 3 aromatic rings. The second-order valence-electron chi connectivity index (χ2n) is 7.65. The van der Waals surface area contributed by atoms with Crippen LogP contribution in [-0.4, -0.2) is 54.8 Å². The predicted octanol–water partition coefficient (Wildman–Crippen LogP) is 0.815. The van der Waals surface area contributed by atoms with Crippen LogP contribution >= 0.6 is 0 Å². The van der Waals surface area contributed by atoms with Gasteiger partial charge in [-0.1, -0.05) is 0 Å². The van der Waals surface area contributed by atoms with Crippen LogP contribution in [0.15, 0.2) is 42.7 Å². The minimum absolute atomic E-state index is 0.127. The Hall–Kier alpha value is -4.48. The average molecular weight is 449 g/mol. The Balaban J connectivity index is 1.32. The summed E-state index contributed by atoms with van der Waals surface area (Å²) in [7, 11) is 0. The van der Waals surface area contributed by atoms with Gasteiger partial charge in [0.05, 0.1) is 0 Å². The number of nitrogens with one attached hydrogen (secondary N) is 2. The third kappa shape index (κ3) is 3.71. The van der Waals surface area contributed by atoms with Gasteiger partial charge in [-0.25, -0.2) is 4.39 Å². The summed E-state index contributed by atoms with van der Waals surface area (Å²) >= 11 is 0. The number of imide groups is 1. The molecule has 11 nitrogen and oxygen atoms in total. The van der Waals surface area contributed by atoms with Crippen molar-refractivity contribution in [2.45, 2.75) is 25.4 Å². The number of benzene rings is 2. The highest BCUT2D eigenvalue weighted by Gasteiger charge is 2.39. The Morgan fingerprint density at radius 2 is 2.00 bits per heavy atom. The molecular weight excluding hydrogens is 433 g/mol. The fourth-order valence-corrected chi connectivity index (χ4v) is 3.96. The lowest BCUT2D eigenvalue weighted by atomic mass is 10.0. The molecule has 1 aromatic heterocycles. The van der Waals surface area contributed by atoms with Crippen molar-refractivity contribution >= 4 is 29.3 Å². The summed E-state index contributed by atoms with van der Waals surface area (Å²) < 4.78 is 15.6. The number of carbonyl (C=O) groups is 4. The smallest absolute Gasteiger partial charge is 0.255 e. The van der Waals surface area contributed by atoms with Crippen molar-refractivity contribution in [2.24, 2.45) is 0 Å². The van der Waals surface area contributed by atoms with E-state index in [0.29, 0.717) is 11.1 Å². The van der Waals surface area contributed by atoms with Crippen LogP contribution < -0.4 is 10.6 Å². The van der Waals surface area contributed by atoms with Gasteiger partial charge in [0.1, 0.15) is 18.1 Å². The summed E-state index contributed by atoms with van der Waals surface area (Å²) in [6, 6.07) is 7.95. The molecule has 4 amide bonds. The number of rotatable bonds is 4. The lowest BCUT2D eigenvalue weighted by molar-refractivity contribution is -0.136. The molecule has 0 spiro atoms. The summed E-state index contributed by atoms with van der Waals surface area (Å²) in [6.45, 7) is 0.150. The van der Waals surface area contributed by atoms with Gasteiger partial charge in [-0.05, 0) is 58.8 Å². The topological polar surface area (TPSA) is 139 Å². The fraction of sp³-hybridized carbons (Fsp3) is 0.190. The lowest BCUT2D eigenvalue weighted by Gasteiger charge is -2.29. The monoisotopic (exact) mass is 449 g/mol. The van der Waals surface area contributed by atoms with Crippen LogP contribution in [0.1, 0.15) is 39.1 Å². The molecule has 1 fully saturated rings. The summed E-state index contributed by atoms with van der Waals surface area (Å²) in [6.07, 6.45) is 1.66. The van der Waals surface area contributed by atoms with E-state index < -0.39 is 23.7 Å². The minimum atomic E-state index is -0.735. The SMILES string of the molecule is O=C1CCC(N2Cc3cc(C(=O)Nc4ccc(-n5cnnn5)c(F)c4)ccc3C2=O)C(=O)N1. The second-order valence-corrected chi connectivity index (χ2v) is 7.65. The van der Waals surface area contributed by atoms with E-state index >= 15 is 0 Å². The zero-order chi connectivity index (χ0) is 23.1. The Kier molecular flexibility index (Phi) is 4.89. The number of carbonyl (C=O) groups excluding carboxylic acids is 4. The van der Waals surface area contributed by atoms with Crippen LogP contribution in [0.5, 0.6) is 0 Å². The molecule has 5 rings (SSSR count). The molecule has 166 valence electrons. The van der Waals surface area contributed by atoms with Gasteiger partial charge in [-0.15, -0.1) is 5.10 Å². The molecule has 1 unspecified atom stereocenters. The first-order valence-electron chi connectivity index (χ1n) is 10.0. The van der Waals surface area contributed by atoms with E-state index in [4.69, 9.17) is 0 Å². The van der Waals surface area contributed by atoms with Crippen LogP contribution in [0.4, 0.5) is 10.1 Å². The Labute approximate surface area is 185 Å². The fourth-order valence-electron chi connectivity index (χ4n) is 3.96. The molecule has 2 aromatic carbocycles. The number of amides is 4. The third-order valence-corrected chi connectivity index (χ3v) is 5.59. The Bertz CT molecular complexity index is 1310. The van der Waals surface area contributed by atoms with Crippen LogP contribution in [0.2, 0.25) is 0 Å². The van der Waals surface area contributed by atoms with Crippen LogP contribution in [0, 0.1) is 5.82 Å². The zero-order valence-corrected chi connectivity index (χ0v) is 17.0. The normalized spacial score (nSPS) is 17.7. The molecule has 0 radical (unpaired) electrons. The van der Waals surface area contributed by atoms with E-state index in [9.17, 15) is 23.6 Å². The third-order valence-electron chi connectivity index (χ3n) is 5.59. The van der Waals surface area contributed by atoms with Crippen molar-refractivity contribution in [2.75, 3.05) is 5.32 Å². The molecule has 1 saturated heterocycles. The molecule has 0 saturated carbocycles. The van der Waals surface area contributed by atoms with E-state index in [1.54, 1.807) is 6.07 Å². The lowest BCUT2D eigenvalue weighted by Crippen LogP contribution is -2.52. The summed E-state index contributed by atoms with van der Waals surface area (Å²) in [5.74, 6) is -2.30. The van der Waals surface area contributed by atoms with Crippen molar-refractivity contribution in [3.05, 3.63) is 65.2 Å². The van der Waals surface area contributed by atoms with Gasteiger partial charge in [0.2, 0.25) is 11.8 Å². The quantitative estimate of drug-likeness (QED) is 0.562. The predicted molar refractivity (Wildman–Crippen MR) is 110 cm³/mol. The molecule has 33 heavy (non-hydrogen) atoms. The molecule has 2 aliphatic rings. The number of halogens is 1. The van der Waals surface area contributed by atoms with Gasteiger partial charge in [0.25, 0.3) is 11.8 Å². The van der Waals surface area contributed by atoms with Gasteiger partial charge in [-0.2, -0.15) is 4.68 Å². The standard InChI is InChI=1S/C21H16FN7O4/c22-15-8-13(2-4-16(15)29-10-23-26-27-29)24-19(31)11-1-3-14-12(7-11)9-28(21(14)33)17-5-6-18(30)25-20(17)32/h1-4,7-8,10,17H,5-6,9H2,(H,24,31)(H,25,30,32). The summed E-state index contributed by atoms with van der Waals surface area (Å²) in [4.78, 5) is 50.4. The Morgan fingerprint density at radius 1 is 1.15 bits per heavy atom. The highest BCUT2D eigenvalue weighted by atomic mass is 19.1.